The van der Waals surface area contributed by atoms with Crippen LogP contribution in [0.5, 0.6) is 0 Å². The summed E-state index contributed by atoms with van der Waals surface area (Å²) in [7, 11) is 0. The average Bonchev–Trinajstić information content (AvgIpc) is 2.81. The number of hydrogen-bond acceptors (Lipinski definition) is 0. The van der Waals surface area contributed by atoms with Gasteiger partial charge in [-0.15, -0.1) is 0 Å². The minimum atomic E-state index is 1.16. The molecule has 0 saturated carbocycles. The molecule has 0 aromatic carbocycles. The van der Waals surface area contributed by atoms with E-state index >= 15 is 0 Å². The Morgan fingerprint density at radius 3 is 1.85 bits per heavy atom. The van der Waals surface area contributed by atoms with Crippen molar-refractivity contribution in [3.05, 3.63) is 23.5 Å². The van der Waals surface area contributed by atoms with Gasteiger partial charge in [0.2, 0.25) is 0 Å². The van der Waals surface area contributed by atoms with E-state index in [4.69, 9.17) is 0 Å². The molecule has 0 amide bonds. The lowest BCUT2D eigenvalue weighted by Gasteiger charge is -2.07. The fraction of sp³-hybridized carbons (Fsp3) is 0.789. The maximum absolute atomic E-state index is 2.43. The lowest BCUT2D eigenvalue weighted by atomic mass is 10.1. The maximum Gasteiger partial charge on any atom is 0.0222 e. The molecule has 0 aliphatic rings. The normalized spacial score (nSPS) is 11.2. The van der Waals surface area contributed by atoms with Gasteiger partial charge in [0, 0.05) is 18.4 Å². The predicted octanol–water partition coefficient (Wildman–Crippen LogP) is 6.28. The van der Waals surface area contributed by atoms with Crippen molar-refractivity contribution >= 4 is 0 Å². The highest BCUT2D eigenvalue weighted by Gasteiger charge is 2.01. The Bertz CT molecular complexity index is 338. The van der Waals surface area contributed by atoms with Gasteiger partial charge in [-0.1, -0.05) is 71.6 Å². The van der Waals surface area contributed by atoms with E-state index in [1.165, 1.54) is 82.0 Å². The summed E-state index contributed by atoms with van der Waals surface area (Å²) in [4.78, 5) is 0. The highest BCUT2D eigenvalue weighted by atomic mass is 15.0. The van der Waals surface area contributed by atoms with Crippen molar-refractivity contribution in [2.45, 2.75) is 97.9 Å². The van der Waals surface area contributed by atoms with E-state index in [1.807, 2.05) is 0 Å². The average molecular weight is 277 g/mol. The Morgan fingerprint density at radius 2 is 1.35 bits per heavy atom. The van der Waals surface area contributed by atoms with Crippen molar-refractivity contribution in [3.8, 4) is 0 Å². The van der Waals surface area contributed by atoms with Crippen molar-refractivity contribution in [2.75, 3.05) is 0 Å². The molecule has 1 nitrogen and oxygen atoms in total. The smallest absolute Gasteiger partial charge is 0.0222 e. The minimum absolute atomic E-state index is 1.16. The van der Waals surface area contributed by atoms with Gasteiger partial charge in [0.15, 0.2) is 0 Å². The van der Waals surface area contributed by atoms with Gasteiger partial charge in [-0.25, -0.2) is 0 Å². The first kappa shape index (κ1) is 17.3. The molecule has 1 heteroatoms. The first-order valence-corrected chi connectivity index (χ1v) is 8.94. The summed E-state index contributed by atoms with van der Waals surface area (Å²) < 4.78 is 2.43. The third-order valence-electron chi connectivity index (χ3n) is 4.48. The van der Waals surface area contributed by atoms with Gasteiger partial charge in [0.25, 0.3) is 0 Å². The summed E-state index contributed by atoms with van der Waals surface area (Å²) in [5.74, 6) is 0. The molecule has 0 atom stereocenters. The highest BCUT2D eigenvalue weighted by molar-refractivity contribution is 5.20. The van der Waals surface area contributed by atoms with Crippen LogP contribution in [0.2, 0.25) is 0 Å². The fourth-order valence-corrected chi connectivity index (χ4v) is 2.98. The molecule has 0 saturated heterocycles. The Balaban J connectivity index is 1.95. The van der Waals surface area contributed by atoms with Crippen LogP contribution >= 0.6 is 0 Å². The number of nitrogens with zero attached hydrogens (tertiary/aromatic N) is 1. The molecule has 1 heterocycles. The van der Waals surface area contributed by atoms with Crippen LogP contribution in [0.3, 0.4) is 0 Å². The van der Waals surface area contributed by atoms with Crippen LogP contribution in [0, 0.1) is 6.92 Å². The summed E-state index contributed by atoms with van der Waals surface area (Å²) in [5.41, 5.74) is 2.99. The lowest BCUT2D eigenvalue weighted by Crippen LogP contribution is -1.99. The van der Waals surface area contributed by atoms with Gasteiger partial charge >= 0.3 is 0 Å². The highest BCUT2D eigenvalue weighted by Crippen LogP contribution is 2.14. The molecular formula is C19H35N. The molecule has 0 fully saturated rings. The molecule has 0 unspecified atom stereocenters. The molecule has 0 aliphatic carbocycles. The third kappa shape index (κ3) is 6.63. The predicted molar refractivity (Wildman–Crippen MR) is 90.4 cm³/mol. The number of unbranched alkanes of at least 4 members (excludes halogenated alkanes) is 9. The summed E-state index contributed by atoms with van der Waals surface area (Å²) in [5, 5.41) is 0. The van der Waals surface area contributed by atoms with Gasteiger partial charge in [-0.3, -0.25) is 0 Å². The van der Waals surface area contributed by atoms with E-state index in [9.17, 15) is 0 Å². The second kappa shape index (κ2) is 11.0. The summed E-state index contributed by atoms with van der Waals surface area (Å²) in [6.07, 6.45) is 17.6. The van der Waals surface area contributed by atoms with Gasteiger partial charge in [-0.05, 0) is 31.4 Å². The zero-order valence-corrected chi connectivity index (χ0v) is 14.1. The Kier molecular flexibility index (Phi) is 9.53. The standard InChI is InChI=1S/C19H35N/c1-4-6-7-8-9-10-11-12-13-14-16-20-17-15-19(5-2)18(20)3/h15,17H,4-14,16H2,1-3H3. The second-order valence-electron chi connectivity index (χ2n) is 6.16. The molecule has 1 rings (SSSR count). The van der Waals surface area contributed by atoms with Crippen LogP contribution in [0.25, 0.3) is 0 Å². The largest absolute Gasteiger partial charge is 0.351 e. The van der Waals surface area contributed by atoms with E-state index in [2.05, 4.69) is 37.6 Å². The first-order chi connectivity index (χ1) is 9.79. The van der Waals surface area contributed by atoms with Gasteiger partial charge < -0.3 is 4.57 Å². The summed E-state index contributed by atoms with van der Waals surface area (Å²) >= 11 is 0. The van der Waals surface area contributed by atoms with Crippen molar-refractivity contribution in [1.29, 1.82) is 0 Å². The van der Waals surface area contributed by atoms with Crippen LogP contribution in [0.1, 0.15) is 89.3 Å². The fourth-order valence-electron chi connectivity index (χ4n) is 2.98. The number of aryl methyl sites for hydroxylation is 2. The molecule has 1 aromatic heterocycles. The van der Waals surface area contributed by atoms with Crippen LogP contribution in [-0.2, 0) is 13.0 Å². The molecule has 20 heavy (non-hydrogen) atoms. The molecule has 0 spiro atoms. The van der Waals surface area contributed by atoms with Crippen molar-refractivity contribution in [1.82, 2.24) is 4.57 Å². The number of rotatable bonds is 12. The monoisotopic (exact) mass is 277 g/mol. The topological polar surface area (TPSA) is 4.93 Å². The second-order valence-corrected chi connectivity index (χ2v) is 6.16. The number of hydrogen-bond donors (Lipinski definition) is 0. The molecular weight excluding hydrogens is 242 g/mol. The molecule has 0 N–H and O–H groups in total. The van der Waals surface area contributed by atoms with Crippen molar-refractivity contribution < 1.29 is 0 Å². The molecule has 0 aliphatic heterocycles. The minimum Gasteiger partial charge on any atom is -0.351 e. The summed E-state index contributed by atoms with van der Waals surface area (Å²) in [6.45, 7) is 8.00. The molecule has 116 valence electrons. The quantitative estimate of drug-likeness (QED) is 0.396. The van der Waals surface area contributed by atoms with E-state index < -0.39 is 0 Å². The van der Waals surface area contributed by atoms with Crippen LogP contribution in [0.15, 0.2) is 12.3 Å². The Labute approximate surface area is 126 Å². The lowest BCUT2D eigenvalue weighted by molar-refractivity contribution is 0.532. The Morgan fingerprint density at radius 1 is 0.800 bits per heavy atom. The SMILES string of the molecule is CCCCCCCCCCCCn1ccc(CC)c1C. The third-order valence-corrected chi connectivity index (χ3v) is 4.48. The van der Waals surface area contributed by atoms with E-state index in [0.29, 0.717) is 0 Å². The van der Waals surface area contributed by atoms with E-state index in [-0.39, 0.29) is 0 Å². The van der Waals surface area contributed by atoms with Crippen molar-refractivity contribution in [2.24, 2.45) is 0 Å². The summed E-state index contributed by atoms with van der Waals surface area (Å²) in [6, 6.07) is 2.28. The van der Waals surface area contributed by atoms with Gasteiger partial charge in [-0.2, -0.15) is 0 Å². The van der Waals surface area contributed by atoms with Crippen LogP contribution < -0.4 is 0 Å². The zero-order valence-electron chi connectivity index (χ0n) is 14.1. The van der Waals surface area contributed by atoms with Crippen LogP contribution in [-0.4, -0.2) is 4.57 Å². The molecule has 0 bridgehead atoms. The maximum atomic E-state index is 2.43. The zero-order chi connectivity index (χ0) is 14.6. The van der Waals surface area contributed by atoms with E-state index in [0.717, 1.165) is 6.42 Å². The van der Waals surface area contributed by atoms with Crippen LogP contribution in [0.4, 0.5) is 0 Å². The number of aromatic nitrogens is 1. The van der Waals surface area contributed by atoms with Crippen molar-refractivity contribution in [3.63, 3.8) is 0 Å². The van der Waals surface area contributed by atoms with Gasteiger partial charge in [0.1, 0.15) is 0 Å². The first-order valence-electron chi connectivity index (χ1n) is 8.94. The molecule has 1 aromatic rings. The van der Waals surface area contributed by atoms with Gasteiger partial charge in [0.05, 0.1) is 0 Å². The van der Waals surface area contributed by atoms with E-state index in [1.54, 1.807) is 0 Å². The Hall–Kier alpha value is -0.720. The molecule has 0 radical (unpaired) electrons.